The van der Waals surface area contributed by atoms with Gasteiger partial charge in [-0.05, 0) is 37.0 Å². The number of allylic oxidation sites excluding steroid dienone is 1. The Labute approximate surface area is 112 Å². The third kappa shape index (κ3) is 1.85. The SMILES string of the molecule is CC1=CC2=C(C(=O)O[C@@H]2O)[C@@H](O)[C@H]2CC(C)(C)C[C@H]12. The Hall–Kier alpha value is -1.13. The normalized spacial score (nSPS) is 40.5. The minimum absolute atomic E-state index is 0.0385. The molecule has 4 nitrogen and oxygen atoms in total. The van der Waals surface area contributed by atoms with Crippen LogP contribution < -0.4 is 0 Å². The molecule has 3 rings (SSSR count). The number of fused-ring (bicyclic) bond motifs is 1. The predicted octanol–water partition coefficient (Wildman–Crippen LogP) is 1.53. The van der Waals surface area contributed by atoms with Crippen molar-refractivity contribution in [3.05, 3.63) is 22.8 Å². The van der Waals surface area contributed by atoms with Crippen molar-refractivity contribution < 1.29 is 19.7 Å². The van der Waals surface area contributed by atoms with Gasteiger partial charge in [-0.3, -0.25) is 0 Å². The molecule has 19 heavy (non-hydrogen) atoms. The summed E-state index contributed by atoms with van der Waals surface area (Å²) in [6.07, 6.45) is 1.66. The molecule has 3 aliphatic rings. The molecular weight excluding hydrogens is 244 g/mol. The minimum Gasteiger partial charge on any atom is -0.428 e. The zero-order chi connectivity index (χ0) is 13.9. The lowest BCUT2D eigenvalue weighted by molar-refractivity contribution is -0.152. The number of esters is 1. The van der Waals surface area contributed by atoms with E-state index in [1.165, 1.54) is 0 Å². The largest absolute Gasteiger partial charge is 0.428 e. The lowest BCUT2D eigenvalue weighted by atomic mass is 9.85. The Kier molecular flexibility index (Phi) is 2.67. The summed E-state index contributed by atoms with van der Waals surface area (Å²) < 4.78 is 4.82. The summed E-state index contributed by atoms with van der Waals surface area (Å²) in [5, 5.41) is 20.3. The highest BCUT2D eigenvalue weighted by molar-refractivity contribution is 5.94. The van der Waals surface area contributed by atoms with E-state index in [0.29, 0.717) is 5.57 Å². The Morgan fingerprint density at radius 1 is 1.32 bits per heavy atom. The first-order valence-electron chi connectivity index (χ1n) is 6.79. The first-order chi connectivity index (χ1) is 8.80. The maximum Gasteiger partial charge on any atom is 0.339 e. The van der Waals surface area contributed by atoms with Crippen LogP contribution in [0.2, 0.25) is 0 Å². The number of hydrogen-bond acceptors (Lipinski definition) is 4. The topological polar surface area (TPSA) is 66.8 Å². The number of aliphatic hydroxyl groups excluding tert-OH is 2. The number of rotatable bonds is 0. The lowest BCUT2D eigenvalue weighted by Gasteiger charge is -2.23. The van der Waals surface area contributed by atoms with Crippen LogP contribution in [0, 0.1) is 17.3 Å². The van der Waals surface area contributed by atoms with Crippen molar-refractivity contribution in [1.29, 1.82) is 0 Å². The second-order valence-corrected chi connectivity index (χ2v) is 6.80. The number of carbonyl (C=O) groups is 1. The summed E-state index contributed by atoms with van der Waals surface area (Å²) in [5.74, 6) is -0.267. The molecule has 104 valence electrons. The van der Waals surface area contributed by atoms with Crippen LogP contribution in [0.15, 0.2) is 22.8 Å². The van der Waals surface area contributed by atoms with Crippen LogP contribution in [0.25, 0.3) is 0 Å². The molecule has 0 unspecified atom stereocenters. The third-order valence-corrected chi connectivity index (χ3v) is 4.76. The zero-order valence-corrected chi connectivity index (χ0v) is 11.5. The van der Waals surface area contributed by atoms with E-state index >= 15 is 0 Å². The average molecular weight is 264 g/mol. The number of hydrogen-bond donors (Lipinski definition) is 2. The second kappa shape index (κ2) is 3.93. The predicted molar refractivity (Wildman–Crippen MR) is 68.9 cm³/mol. The standard InChI is InChI=1S/C15H20O4/c1-7-4-8-11(14(18)19-13(8)17)12(16)10-6-15(2,3)5-9(7)10/h4,9-10,12-13,16-17H,5-6H2,1-3H3/t9-,10+,12+,13+/m1/s1. The highest BCUT2D eigenvalue weighted by atomic mass is 16.6. The van der Waals surface area contributed by atoms with Gasteiger partial charge in [0.1, 0.15) is 0 Å². The van der Waals surface area contributed by atoms with Gasteiger partial charge in [0.2, 0.25) is 6.29 Å². The fourth-order valence-electron chi connectivity index (χ4n) is 3.93. The summed E-state index contributed by atoms with van der Waals surface area (Å²) >= 11 is 0. The number of aliphatic hydroxyl groups is 2. The lowest BCUT2D eigenvalue weighted by Crippen LogP contribution is -2.28. The molecule has 2 N–H and O–H groups in total. The molecule has 0 spiro atoms. The van der Waals surface area contributed by atoms with Crippen molar-refractivity contribution in [3.8, 4) is 0 Å². The molecule has 0 saturated heterocycles. The molecule has 1 fully saturated rings. The molecule has 0 amide bonds. The van der Waals surface area contributed by atoms with E-state index in [1.807, 2.05) is 13.0 Å². The summed E-state index contributed by atoms with van der Waals surface area (Å²) in [6.45, 7) is 6.40. The van der Waals surface area contributed by atoms with Gasteiger partial charge in [0, 0.05) is 5.57 Å². The molecule has 1 saturated carbocycles. The van der Waals surface area contributed by atoms with Gasteiger partial charge in [-0.2, -0.15) is 0 Å². The molecule has 0 aromatic carbocycles. The fourth-order valence-corrected chi connectivity index (χ4v) is 3.93. The van der Waals surface area contributed by atoms with E-state index in [0.717, 1.165) is 18.4 Å². The molecule has 2 aliphatic carbocycles. The first-order valence-corrected chi connectivity index (χ1v) is 6.79. The summed E-state index contributed by atoms with van der Waals surface area (Å²) in [7, 11) is 0. The molecule has 0 aromatic heterocycles. The highest BCUT2D eigenvalue weighted by Gasteiger charge is 2.49. The van der Waals surface area contributed by atoms with Gasteiger partial charge in [0.15, 0.2) is 0 Å². The van der Waals surface area contributed by atoms with Crippen molar-refractivity contribution in [2.45, 2.75) is 46.0 Å². The first kappa shape index (κ1) is 12.9. The van der Waals surface area contributed by atoms with Gasteiger partial charge >= 0.3 is 5.97 Å². The average Bonchev–Trinajstić information content (AvgIpc) is 2.73. The molecular formula is C15H20O4. The summed E-state index contributed by atoms with van der Waals surface area (Å²) in [5.41, 5.74) is 2.00. The van der Waals surface area contributed by atoms with Crippen LogP contribution in [-0.2, 0) is 9.53 Å². The number of carbonyl (C=O) groups excluding carboxylic acids is 1. The minimum atomic E-state index is -1.22. The smallest absolute Gasteiger partial charge is 0.339 e. The van der Waals surface area contributed by atoms with E-state index in [2.05, 4.69) is 13.8 Å². The quantitative estimate of drug-likeness (QED) is 0.651. The van der Waals surface area contributed by atoms with Gasteiger partial charge in [0.25, 0.3) is 0 Å². The monoisotopic (exact) mass is 264 g/mol. The van der Waals surface area contributed by atoms with Crippen LogP contribution in [0.3, 0.4) is 0 Å². The summed E-state index contributed by atoms with van der Waals surface area (Å²) in [4.78, 5) is 11.8. The fraction of sp³-hybridized carbons (Fsp3) is 0.667. The second-order valence-electron chi connectivity index (χ2n) is 6.80. The van der Waals surface area contributed by atoms with E-state index in [1.54, 1.807) is 0 Å². The third-order valence-electron chi connectivity index (χ3n) is 4.76. The Morgan fingerprint density at radius 2 is 2.00 bits per heavy atom. The molecule has 0 bridgehead atoms. The van der Waals surface area contributed by atoms with Crippen LogP contribution in [0.5, 0.6) is 0 Å². The number of ether oxygens (including phenoxy) is 1. The van der Waals surface area contributed by atoms with Gasteiger partial charge in [0.05, 0.1) is 11.7 Å². The molecule has 1 heterocycles. The van der Waals surface area contributed by atoms with Crippen LogP contribution in [-0.4, -0.2) is 28.6 Å². The van der Waals surface area contributed by atoms with Gasteiger partial charge in [-0.1, -0.05) is 25.5 Å². The zero-order valence-electron chi connectivity index (χ0n) is 11.5. The van der Waals surface area contributed by atoms with Crippen molar-refractivity contribution in [1.82, 2.24) is 0 Å². The van der Waals surface area contributed by atoms with Crippen molar-refractivity contribution in [2.24, 2.45) is 17.3 Å². The van der Waals surface area contributed by atoms with Crippen LogP contribution in [0.1, 0.15) is 33.6 Å². The van der Waals surface area contributed by atoms with E-state index in [4.69, 9.17) is 4.74 Å². The van der Waals surface area contributed by atoms with E-state index in [-0.39, 0.29) is 22.8 Å². The molecule has 4 atom stereocenters. The van der Waals surface area contributed by atoms with Gasteiger partial charge < -0.3 is 14.9 Å². The number of cyclic esters (lactones) is 1. The Balaban J connectivity index is 2.07. The van der Waals surface area contributed by atoms with E-state index in [9.17, 15) is 15.0 Å². The summed E-state index contributed by atoms with van der Waals surface area (Å²) in [6, 6.07) is 0. The molecule has 0 radical (unpaired) electrons. The molecule has 1 aliphatic heterocycles. The maximum atomic E-state index is 11.8. The molecule has 0 aromatic rings. The van der Waals surface area contributed by atoms with Crippen molar-refractivity contribution in [2.75, 3.05) is 0 Å². The van der Waals surface area contributed by atoms with Crippen LogP contribution in [0.4, 0.5) is 0 Å². The molecule has 4 heteroatoms. The Bertz CT molecular complexity index is 500. The van der Waals surface area contributed by atoms with Gasteiger partial charge in [-0.15, -0.1) is 0 Å². The van der Waals surface area contributed by atoms with Crippen molar-refractivity contribution in [3.63, 3.8) is 0 Å². The van der Waals surface area contributed by atoms with E-state index < -0.39 is 18.4 Å². The van der Waals surface area contributed by atoms with Crippen molar-refractivity contribution >= 4 is 5.97 Å². The Morgan fingerprint density at radius 3 is 2.68 bits per heavy atom. The van der Waals surface area contributed by atoms with Gasteiger partial charge in [-0.25, -0.2) is 4.79 Å². The maximum absolute atomic E-state index is 11.8. The van der Waals surface area contributed by atoms with Crippen LogP contribution >= 0.6 is 0 Å². The highest BCUT2D eigenvalue weighted by Crippen LogP contribution is 2.52.